The number of aromatic nitrogens is 2. The monoisotopic (exact) mass is 605 g/mol. The molecule has 0 aliphatic rings. The highest BCUT2D eigenvalue weighted by atomic mass is 35.5. The molecule has 0 saturated carbocycles. The van der Waals surface area contributed by atoms with Crippen LogP contribution in [0.2, 0.25) is 5.02 Å². The summed E-state index contributed by atoms with van der Waals surface area (Å²) in [7, 11) is 1.61. The maximum Gasteiger partial charge on any atom is 0.417 e. The maximum atomic E-state index is 13.7. The molecule has 4 aromatic rings. The Hall–Kier alpha value is -3.89. The zero-order valence-electron chi connectivity index (χ0n) is 22.6. The molecule has 0 spiro atoms. The topological polar surface area (TPSA) is 96.0 Å². The SMILES string of the molecule is CNc1nc(-c2ccccc2C(F)(F)F)nc2cc(NC(=O)c3cc(CNC(=O)C(C)(C)C)ccc3Cl)ccc12.Cl. The first kappa shape index (κ1) is 31.6. The average Bonchev–Trinajstić information content (AvgIpc) is 2.90. The summed E-state index contributed by atoms with van der Waals surface area (Å²) in [6.07, 6.45) is -4.59. The first-order valence-electron chi connectivity index (χ1n) is 12.3. The zero-order valence-corrected chi connectivity index (χ0v) is 24.2. The van der Waals surface area contributed by atoms with Gasteiger partial charge in [0.1, 0.15) is 5.82 Å². The van der Waals surface area contributed by atoms with E-state index in [0.29, 0.717) is 28.0 Å². The quantitative estimate of drug-likeness (QED) is 0.213. The summed E-state index contributed by atoms with van der Waals surface area (Å²) in [6, 6.07) is 14.8. The summed E-state index contributed by atoms with van der Waals surface area (Å²) < 4.78 is 41.0. The van der Waals surface area contributed by atoms with E-state index in [1.165, 1.54) is 18.2 Å². The van der Waals surface area contributed by atoms with Crippen molar-refractivity contribution in [2.75, 3.05) is 17.7 Å². The van der Waals surface area contributed by atoms with Crippen molar-refractivity contribution in [1.29, 1.82) is 0 Å². The number of amides is 2. The van der Waals surface area contributed by atoms with Gasteiger partial charge < -0.3 is 16.0 Å². The van der Waals surface area contributed by atoms with Gasteiger partial charge >= 0.3 is 6.18 Å². The van der Waals surface area contributed by atoms with E-state index in [9.17, 15) is 22.8 Å². The van der Waals surface area contributed by atoms with Gasteiger partial charge in [-0.25, -0.2) is 9.97 Å². The predicted molar refractivity (Wildman–Crippen MR) is 157 cm³/mol. The molecule has 0 aliphatic heterocycles. The molecule has 216 valence electrons. The van der Waals surface area contributed by atoms with Crippen molar-refractivity contribution in [3.63, 3.8) is 0 Å². The van der Waals surface area contributed by atoms with Crippen molar-refractivity contribution in [2.45, 2.75) is 33.5 Å². The normalized spacial score (nSPS) is 11.5. The van der Waals surface area contributed by atoms with Gasteiger partial charge in [0, 0.05) is 35.6 Å². The molecule has 41 heavy (non-hydrogen) atoms. The average molecular weight is 606 g/mol. The molecule has 0 bridgehead atoms. The highest BCUT2D eigenvalue weighted by molar-refractivity contribution is 6.34. The third-order valence-electron chi connectivity index (χ3n) is 6.07. The van der Waals surface area contributed by atoms with E-state index in [-0.39, 0.29) is 46.8 Å². The molecule has 0 atom stereocenters. The van der Waals surface area contributed by atoms with Crippen LogP contribution in [0.25, 0.3) is 22.3 Å². The lowest BCUT2D eigenvalue weighted by Gasteiger charge is -2.18. The van der Waals surface area contributed by atoms with Crippen molar-refractivity contribution < 1.29 is 22.8 Å². The lowest BCUT2D eigenvalue weighted by molar-refractivity contribution is -0.137. The molecule has 7 nitrogen and oxygen atoms in total. The number of carbonyl (C=O) groups excluding carboxylic acids is 2. The molecule has 0 radical (unpaired) electrons. The van der Waals surface area contributed by atoms with Gasteiger partial charge in [-0.3, -0.25) is 9.59 Å². The first-order valence-corrected chi connectivity index (χ1v) is 12.7. The van der Waals surface area contributed by atoms with E-state index < -0.39 is 23.1 Å². The minimum absolute atomic E-state index is 0. The number of anilines is 2. The molecule has 0 unspecified atom stereocenters. The number of benzene rings is 3. The third kappa shape index (κ3) is 7.25. The molecular weight excluding hydrogens is 578 g/mol. The van der Waals surface area contributed by atoms with Gasteiger partial charge in [0.15, 0.2) is 5.82 Å². The Labute approximate surface area is 246 Å². The first-order chi connectivity index (χ1) is 18.8. The van der Waals surface area contributed by atoms with Gasteiger partial charge in [0.2, 0.25) is 5.91 Å². The molecule has 4 rings (SSSR count). The number of hydrogen-bond donors (Lipinski definition) is 3. The van der Waals surface area contributed by atoms with Crippen LogP contribution in [-0.4, -0.2) is 28.8 Å². The van der Waals surface area contributed by atoms with Crippen LogP contribution in [-0.2, 0) is 17.5 Å². The summed E-state index contributed by atoms with van der Waals surface area (Å²) in [6.45, 7) is 5.62. The van der Waals surface area contributed by atoms with Crippen LogP contribution >= 0.6 is 24.0 Å². The Bertz CT molecular complexity index is 1600. The zero-order chi connectivity index (χ0) is 29.2. The molecule has 1 heterocycles. The summed E-state index contributed by atoms with van der Waals surface area (Å²) >= 11 is 6.30. The van der Waals surface area contributed by atoms with Crippen molar-refractivity contribution in [1.82, 2.24) is 15.3 Å². The smallest absolute Gasteiger partial charge is 0.373 e. The number of nitrogens with zero attached hydrogens (tertiary/aromatic N) is 2. The molecule has 1 aromatic heterocycles. The molecule has 3 N–H and O–H groups in total. The van der Waals surface area contributed by atoms with Gasteiger partial charge in [-0.2, -0.15) is 13.2 Å². The highest BCUT2D eigenvalue weighted by Crippen LogP contribution is 2.37. The van der Waals surface area contributed by atoms with E-state index in [4.69, 9.17) is 11.6 Å². The lowest BCUT2D eigenvalue weighted by atomic mass is 9.95. The van der Waals surface area contributed by atoms with E-state index >= 15 is 0 Å². The second kappa shape index (κ2) is 12.3. The fraction of sp³-hybridized carbons (Fsp3) is 0.241. The van der Waals surface area contributed by atoms with Crippen LogP contribution in [0.15, 0.2) is 60.7 Å². The van der Waals surface area contributed by atoms with Crippen molar-refractivity contribution in [3.8, 4) is 11.4 Å². The van der Waals surface area contributed by atoms with Crippen LogP contribution < -0.4 is 16.0 Å². The van der Waals surface area contributed by atoms with Crippen molar-refractivity contribution in [2.24, 2.45) is 5.41 Å². The highest BCUT2D eigenvalue weighted by Gasteiger charge is 2.34. The van der Waals surface area contributed by atoms with E-state index in [2.05, 4.69) is 25.9 Å². The Kier molecular flexibility index (Phi) is 9.51. The molecular formula is C29H28Cl2F3N5O2. The second-order valence-corrected chi connectivity index (χ2v) is 10.5. The number of rotatable bonds is 6. The number of alkyl halides is 3. The number of halogens is 5. The van der Waals surface area contributed by atoms with Crippen LogP contribution in [0.1, 0.15) is 42.3 Å². The Balaban J connectivity index is 0.00000462. The minimum atomic E-state index is -4.59. The Morgan fingerprint density at radius 2 is 1.66 bits per heavy atom. The Morgan fingerprint density at radius 3 is 2.32 bits per heavy atom. The molecule has 3 aromatic carbocycles. The fourth-order valence-corrected chi connectivity index (χ4v) is 4.15. The summed E-state index contributed by atoms with van der Waals surface area (Å²) in [4.78, 5) is 34.1. The van der Waals surface area contributed by atoms with Crippen LogP contribution in [0.5, 0.6) is 0 Å². The van der Waals surface area contributed by atoms with Gasteiger partial charge in [0.25, 0.3) is 5.91 Å². The van der Waals surface area contributed by atoms with Gasteiger partial charge in [0.05, 0.1) is 21.7 Å². The lowest BCUT2D eigenvalue weighted by Crippen LogP contribution is -2.34. The molecule has 0 fully saturated rings. The summed E-state index contributed by atoms with van der Waals surface area (Å²) in [5, 5.41) is 9.28. The molecule has 2 amide bonds. The van der Waals surface area contributed by atoms with Crippen LogP contribution in [0.4, 0.5) is 24.7 Å². The van der Waals surface area contributed by atoms with E-state index in [0.717, 1.165) is 6.07 Å². The molecule has 12 heteroatoms. The van der Waals surface area contributed by atoms with E-state index in [1.807, 2.05) is 0 Å². The Morgan fingerprint density at radius 1 is 0.951 bits per heavy atom. The van der Waals surface area contributed by atoms with Crippen LogP contribution in [0, 0.1) is 5.41 Å². The summed E-state index contributed by atoms with van der Waals surface area (Å²) in [5.74, 6) is -0.409. The van der Waals surface area contributed by atoms with E-state index in [1.54, 1.807) is 64.2 Å². The predicted octanol–water partition coefficient (Wildman–Crippen LogP) is 7.35. The van der Waals surface area contributed by atoms with Crippen molar-refractivity contribution in [3.05, 3.63) is 82.4 Å². The number of nitrogens with one attached hydrogen (secondary N) is 3. The van der Waals surface area contributed by atoms with Gasteiger partial charge in [-0.15, -0.1) is 12.4 Å². The number of fused-ring (bicyclic) bond motifs is 1. The maximum absolute atomic E-state index is 13.7. The summed E-state index contributed by atoms with van der Waals surface area (Å²) in [5.41, 5.74) is -0.00913. The van der Waals surface area contributed by atoms with Gasteiger partial charge in [-0.1, -0.05) is 56.6 Å². The number of carbonyl (C=O) groups is 2. The fourth-order valence-electron chi connectivity index (χ4n) is 3.95. The minimum Gasteiger partial charge on any atom is -0.373 e. The number of hydrogen-bond acceptors (Lipinski definition) is 5. The van der Waals surface area contributed by atoms with Crippen LogP contribution in [0.3, 0.4) is 0 Å². The molecule has 0 saturated heterocycles. The largest absolute Gasteiger partial charge is 0.417 e. The van der Waals surface area contributed by atoms with Gasteiger partial charge in [-0.05, 0) is 42.0 Å². The van der Waals surface area contributed by atoms with Crippen molar-refractivity contribution >= 4 is 58.2 Å². The third-order valence-corrected chi connectivity index (χ3v) is 6.40. The second-order valence-electron chi connectivity index (χ2n) is 10.1. The standard InChI is InChI=1S/C29H27ClF3N5O2.ClH/c1-28(2,3)27(40)35-15-16-9-12-22(30)20(13-16)26(39)36-17-10-11-19-23(14-17)37-25(38-24(19)34-4)18-7-5-6-8-21(18)29(31,32)33;/h5-14H,15H2,1-4H3,(H,35,40)(H,36,39)(H,34,37,38);1H. The molecule has 0 aliphatic carbocycles.